The van der Waals surface area contributed by atoms with Crippen molar-refractivity contribution in [3.05, 3.63) is 64.7 Å². The summed E-state index contributed by atoms with van der Waals surface area (Å²) in [6, 6.07) is 14.0. The Kier molecular flexibility index (Phi) is 6.10. The van der Waals surface area contributed by atoms with E-state index in [1.165, 1.54) is 31.4 Å². The standard InChI is InChI=1S/C23H29NO2/c1-4-13-24-14-7-11-20(16-24)19-10-6-12-21(15-19)26-23(25)22-17(2)8-5-9-18(22)3/h5-6,8-10,12,15,20H,4,7,11,13-14,16H2,1-3H3. The van der Waals surface area contributed by atoms with Gasteiger partial charge in [0.05, 0.1) is 5.56 Å². The fourth-order valence-corrected chi connectivity index (χ4v) is 3.97. The van der Waals surface area contributed by atoms with Crippen LogP contribution in [0.25, 0.3) is 0 Å². The Hall–Kier alpha value is -2.13. The summed E-state index contributed by atoms with van der Waals surface area (Å²) in [6.45, 7) is 9.59. The third kappa shape index (κ3) is 4.34. The molecular formula is C23H29NO2. The third-order valence-corrected chi connectivity index (χ3v) is 5.27. The zero-order valence-corrected chi connectivity index (χ0v) is 16.1. The monoisotopic (exact) mass is 351 g/mol. The van der Waals surface area contributed by atoms with Gasteiger partial charge in [-0.2, -0.15) is 0 Å². The van der Waals surface area contributed by atoms with Crippen LogP contribution < -0.4 is 4.74 Å². The van der Waals surface area contributed by atoms with E-state index in [1.807, 2.05) is 50.2 Å². The average molecular weight is 351 g/mol. The van der Waals surface area contributed by atoms with Gasteiger partial charge in [-0.25, -0.2) is 4.79 Å². The molecule has 1 atom stereocenters. The van der Waals surface area contributed by atoms with Crippen molar-refractivity contribution in [1.82, 2.24) is 4.90 Å². The lowest BCUT2D eigenvalue weighted by Gasteiger charge is -2.32. The minimum absolute atomic E-state index is 0.269. The first-order chi connectivity index (χ1) is 12.6. The van der Waals surface area contributed by atoms with Gasteiger partial charge in [-0.05, 0) is 80.9 Å². The molecule has 3 rings (SSSR count). The van der Waals surface area contributed by atoms with Gasteiger partial charge in [0, 0.05) is 6.54 Å². The fraction of sp³-hybridized carbons (Fsp3) is 0.435. The van der Waals surface area contributed by atoms with Crippen molar-refractivity contribution < 1.29 is 9.53 Å². The Morgan fingerprint density at radius 1 is 1.15 bits per heavy atom. The maximum atomic E-state index is 12.7. The van der Waals surface area contributed by atoms with Gasteiger partial charge in [-0.1, -0.05) is 37.3 Å². The molecule has 1 unspecified atom stereocenters. The minimum atomic E-state index is -0.269. The van der Waals surface area contributed by atoms with Crippen LogP contribution >= 0.6 is 0 Å². The minimum Gasteiger partial charge on any atom is -0.423 e. The Bertz CT molecular complexity index is 746. The molecule has 1 fully saturated rings. The summed E-state index contributed by atoms with van der Waals surface area (Å²) in [7, 11) is 0. The van der Waals surface area contributed by atoms with Crippen LogP contribution in [-0.4, -0.2) is 30.5 Å². The number of aryl methyl sites for hydroxylation is 2. The van der Waals surface area contributed by atoms with Crippen molar-refractivity contribution in [2.45, 2.75) is 46.0 Å². The maximum Gasteiger partial charge on any atom is 0.344 e. The molecule has 2 aromatic rings. The summed E-state index contributed by atoms with van der Waals surface area (Å²) >= 11 is 0. The second-order valence-electron chi connectivity index (χ2n) is 7.37. The van der Waals surface area contributed by atoms with Crippen LogP contribution in [0.3, 0.4) is 0 Å². The third-order valence-electron chi connectivity index (χ3n) is 5.27. The molecule has 2 aromatic carbocycles. The predicted octanol–water partition coefficient (Wildman–Crippen LogP) is 5.11. The number of piperidine rings is 1. The number of rotatable bonds is 5. The number of benzene rings is 2. The summed E-state index contributed by atoms with van der Waals surface area (Å²) in [4.78, 5) is 15.2. The molecule has 1 aliphatic rings. The van der Waals surface area contributed by atoms with Crippen molar-refractivity contribution in [2.24, 2.45) is 0 Å². The molecule has 0 saturated carbocycles. The lowest BCUT2D eigenvalue weighted by atomic mass is 9.90. The van der Waals surface area contributed by atoms with E-state index in [1.54, 1.807) is 0 Å². The Morgan fingerprint density at radius 2 is 1.88 bits per heavy atom. The van der Waals surface area contributed by atoms with Crippen LogP contribution in [0.5, 0.6) is 5.75 Å². The lowest BCUT2D eigenvalue weighted by molar-refractivity contribution is 0.0733. The normalized spacial score (nSPS) is 17.9. The van der Waals surface area contributed by atoms with Gasteiger partial charge in [0.25, 0.3) is 0 Å². The Labute approximate surface area is 157 Å². The lowest BCUT2D eigenvalue weighted by Crippen LogP contribution is -2.34. The van der Waals surface area contributed by atoms with E-state index in [9.17, 15) is 4.79 Å². The molecule has 3 nitrogen and oxygen atoms in total. The highest BCUT2D eigenvalue weighted by Gasteiger charge is 2.21. The largest absolute Gasteiger partial charge is 0.423 e. The molecule has 0 aromatic heterocycles. The number of likely N-dealkylation sites (tertiary alicyclic amines) is 1. The molecular weight excluding hydrogens is 322 g/mol. The van der Waals surface area contributed by atoms with Crippen molar-refractivity contribution in [1.29, 1.82) is 0 Å². The molecule has 3 heteroatoms. The number of ether oxygens (including phenoxy) is 1. The van der Waals surface area contributed by atoms with Crippen molar-refractivity contribution >= 4 is 5.97 Å². The van der Waals surface area contributed by atoms with Crippen molar-refractivity contribution in [2.75, 3.05) is 19.6 Å². The summed E-state index contributed by atoms with van der Waals surface area (Å²) in [5, 5.41) is 0. The molecule has 0 bridgehead atoms. The molecule has 0 aliphatic carbocycles. The molecule has 1 saturated heterocycles. The quantitative estimate of drug-likeness (QED) is 0.554. The molecule has 1 aliphatic heterocycles. The number of carbonyl (C=O) groups is 1. The second-order valence-corrected chi connectivity index (χ2v) is 7.37. The van der Waals surface area contributed by atoms with E-state index < -0.39 is 0 Å². The first-order valence-electron chi connectivity index (χ1n) is 9.69. The predicted molar refractivity (Wildman–Crippen MR) is 106 cm³/mol. The van der Waals surface area contributed by atoms with Crippen LogP contribution in [0.1, 0.15) is 59.2 Å². The number of hydrogen-bond donors (Lipinski definition) is 0. The highest BCUT2D eigenvalue weighted by atomic mass is 16.5. The van der Waals surface area contributed by atoms with E-state index in [0.29, 0.717) is 17.2 Å². The molecule has 1 heterocycles. The smallest absolute Gasteiger partial charge is 0.344 e. The first kappa shape index (κ1) is 18.7. The molecule has 0 N–H and O–H groups in total. The van der Waals surface area contributed by atoms with Gasteiger partial charge >= 0.3 is 5.97 Å². The highest BCUT2D eigenvalue weighted by molar-refractivity contribution is 5.94. The van der Waals surface area contributed by atoms with E-state index in [-0.39, 0.29) is 5.97 Å². The second kappa shape index (κ2) is 8.50. The first-order valence-corrected chi connectivity index (χ1v) is 9.69. The van der Waals surface area contributed by atoms with E-state index in [4.69, 9.17) is 4.74 Å². The molecule has 138 valence electrons. The summed E-state index contributed by atoms with van der Waals surface area (Å²) in [6.07, 6.45) is 3.63. The van der Waals surface area contributed by atoms with Gasteiger partial charge < -0.3 is 9.64 Å². The highest BCUT2D eigenvalue weighted by Crippen LogP contribution is 2.29. The van der Waals surface area contributed by atoms with Crippen LogP contribution in [0, 0.1) is 13.8 Å². The van der Waals surface area contributed by atoms with Gasteiger partial charge in [0.15, 0.2) is 0 Å². The van der Waals surface area contributed by atoms with Crippen LogP contribution in [-0.2, 0) is 0 Å². The van der Waals surface area contributed by atoms with Crippen LogP contribution in [0.2, 0.25) is 0 Å². The fourth-order valence-electron chi connectivity index (χ4n) is 3.97. The summed E-state index contributed by atoms with van der Waals surface area (Å²) in [5.74, 6) is 0.894. The Balaban J connectivity index is 1.74. The average Bonchev–Trinajstić information content (AvgIpc) is 2.62. The topological polar surface area (TPSA) is 29.5 Å². The van der Waals surface area contributed by atoms with Crippen molar-refractivity contribution in [3.63, 3.8) is 0 Å². The zero-order chi connectivity index (χ0) is 18.5. The van der Waals surface area contributed by atoms with Gasteiger partial charge in [0.1, 0.15) is 5.75 Å². The number of esters is 1. The van der Waals surface area contributed by atoms with Crippen LogP contribution in [0.4, 0.5) is 0 Å². The van der Waals surface area contributed by atoms with E-state index >= 15 is 0 Å². The van der Waals surface area contributed by atoms with Crippen LogP contribution in [0.15, 0.2) is 42.5 Å². The van der Waals surface area contributed by atoms with E-state index in [0.717, 1.165) is 24.2 Å². The van der Waals surface area contributed by atoms with Crippen molar-refractivity contribution in [3.8, 4) is 5.75 Å². The molecule has 0 radical (unpaired) electrons. The summed E-state index contributed by atoms with van der Waals surface area (Å²) < 4.78 is 5.72. The molecule has 0 spiro atoms. The van der Waals surface area contributed by atoms with Gasteiger partial charge in [-0.3, -0.25) is 0 Å². The maximum absolute atomic E-state index is 12.7. The summed E-state index contributed by atoms with van der Waals surface area (Å²) in [5.41, 5.74) is 3.85. The number of carbonyl (C=O) groups excluding carboxylic acids is 1. The molecule has 0 amide bonds. The van der Waals surface area contributed by atoms with Gasteiger partial charge in [-0.15, -0.1) is 0 Å². The number of nitrogens with zero attached hydrogens (tertiary/aromatic N) is 1. The SMILES string of the molecule is CCCN1CCCC(c2cccc(OC(=O)c3c(C)cccc3C)c2)C1. The molecule has 26 heavy (non-hydrogen) atoms. The Morgan fingerprint density at radius 3 is 2.62 bits per heavy atom. The number of hydrogen-bond acceptors (Lipinski definition) is 3. The van der Waals surface area contributed by atoms with E-state index in [2.05, 4.69) is 17.9 Å². The van der Waals surface area contributed by atoms with Gasteiger partial charge in [0.2, 0.25) is 0 Å². The zero-order valence-electron chi connectivity index (χ0n) is 16.1.